The molecule has 1 N–H and O–H groups in total. The largest absolute Gasteiger partial charge is 0.493 e. The predicted molar refractivity (Wildman–Crippen MR) is 71.7 cm³/mol. The van der Waals surface area contributed by atoms with Crippen molar-refractivity contribution in [3.63, 3.8) is 0 Å². The number of rotatable bonds is 7. The lowest BCUT2D eigenvalue weighted by molar-refractivity contribution is -0.0511. The molecule has 20 heavy (non-hydrogen) atoms. The van der Waals surface area contributed by atoms with Crippen LogP contribution in [0.4, 0.5) is 14.5 Å². The molecule has 0 amide bonds. The smallest absolute Gasteiger partial charge is 0.387 e. The minimum absolute atomic E-state index is 0.0354. The molecule has 0 heterocycles. The Kier molecular flexibility index (Phi) is 5.00. The summed E-state index contributed by atoms with van der Waals surface area (Å²) in [6.07, 6.45) is 2.14. The maximum atomic E-state index is 12.3. The summed E-state index contributed by atoms with van der Waals surface area (Å²) in [4.78, 5) is 0. The van der Waals surface area contributed by atoms with Crippen LogP contribution in [0.2, 0.25) is 0 Å². The van der Waals surface area contributed by atoms with Gasteiger partial charge in [0.15, 0.2) is 11.5 Å². The Morgan fingerprint density at radius 3 is 2.65 bits per heavy atom. The number of alkyl halides is 2. The number of hydrogen-bond acceptors (Lipinski definition) is 4. The van der Waals surface area contributed by atoms with Gasteiger partial charge in [-0.3, -0.25) is 0 Å². The Bertz CT molecular complexity index is 436. The van der Waals surface area contributed by atoms with E-state index < -0.39 is 6.61 Å². The average Bonchev–Trinajstić information content (AvgIpc) is 2.36. The van der Waals surface area contributed by atoms with Gasteiger partial charge >= 0.3 is 6.61 Å². The standard InChI is InChI=1S/C14H19F2NO3/c1-3-19-11-6-10(7-11)17-9-4-5-12(18-2)13(8-9)20-14(15)16/h4-5,8,10-11,14,17H,3,6-7H2,1-2H3. The highest BCUT2D eigenvalue weighted by molar-refractivity contribution is 5.55. The molecule has 0 aromatic heterocycles. The van der Waals surface area contributed by atoms with Crippen molar-refractivity contribution in [3.05, 3.63) is 18.2 Å². The molecule has 1 aromatic carbocycles. The van der Waals surface area contributed by atoms with Gasteiger partial charge in [-0.1, -0.05) is 0 Å². The number of hydrogen-bond donors (Lipinski definition) is 1. The monoisotopic (exact) mass is 287 g/mol. The van der Waals surface area contributed by atoms with Gasteiger partial charge in [0, 0.05) is 24.4 Å². The van der Waals surface area contributed by atoms with Crippen LogP contribution >= 0.6 is 0 Å². The molecule has 0 unspecified atom stereocenters. The quantitative estimate of drug-likeness (QED) is 0.835. The molecule has 0 atom stereocenters. The van der Waals surface area contributed by atoms with E-state index in [1.807, 2.05) is 6.92 Å². The number of anilines is 1. The molecule has 1 fully saturated rings. The summed E-state index contributed by atoms with van der Waals surface area (Å²) in [5, 5.41) is 3.27. The number of halogens is 2. The lowest BCUT2D eigenvalue weighted by Gasteiger charge is -2.36. The van der Waals surface area contributed by atoms with Crippen LogP contribution in [0.1, 0.15) is 19.8 Å². The van der Waals surface area contributed by atoms with Crippen molar-refractivity contribution in [1.82, 2.24) is 0 Å². The molecule has 1 saturated carbocycles. The second-order valence-corrected chi connectivity index (χ2v) is 4.63. The van der Waals surface area contributed by atoms with Crippen LogP contribution in [-0.4, -0.2) is 32.5 Å². The molecule has 1 aliphatic carbocycles. The fourth-order valence-electron chi connectivity index (χ4n) is 2.25. The highest BCUT2D eigenvalue weighted by Crippen LogP contribution is 2.33. The van der Waals surface area contributed by atoms with Gasteiger partial charge in [-0.15, -0.1) is 0 Å². The van der Waals surface area contributed by atoms with Crippen LogP contribution in [0.25, 0.3) is 0 Å². The van der Waals surface area contributed by atoms with Crippen LogP contribution in [0, 0.1) is 0 Å². The van der Waals surface area contributed by atoms with E-state index in [0.29, 0.717) is 18.8 Å². The topological polar surface area (TPSA) is 39.7 Å². The maximum absolute atomic E-state index is 12.3. The van der Waals surface area contributed by atoms with E-state index in [-0.39, 0.29) is 11.5 Å². The molecule has 1 aliphatic rings. The van der Waals surface area contributed by atoms with Gasteiger partial charge in [-0.25, -0.2) is 0 Å². The van der Waals surface area contributed by atoms with Crippen LogP contribution in [0.3, 0.4) is 0 Å². The van der Waals surface area contributed by atoms with Gasteiger partial charge < -0.3 is 19.5 Å². The Balaban J connectivity index is 1.95. The summed E-state index contributed by atoms with van der Waals surface area (Å²) in [6, 6.07) is 5.22. The van der Waals surface area contributed by atoms with Crippen LogP contribution in [0.5, 0.6) is 11.5 Å². The molecule has 0 saturated heterocycles. The Hall–Kier alpha value is -1.56. The fraction of sp³-hybridized carbons (Fsp3) is 0.571. The van der Waals surface area contributed by atoms with Crippen molar-refractivity contribution >= 4 is 5.69 Å². The third-order valence-corrected chi connectivity index (χ3v) is 3.25. The zero-order valence-corrected chi connectivity index (χ0v) is 11.6. The van der Waals surface area contributed by atoms with E-state index in [9.17, 15) is 8.78 Å². The molecule has 1 aromatic rings. The van der Waals surface area contributed by atoms with E-state index in [1.165, 1.54) is 13.2 Å². The Labute approximate surface area is 117 Å². The third-order valence-electron chi connectivity index (χ3n) is 3.25. The first-order valence-corrected chi connectivity index (χ1v) is 6.63. The number of methoxy groups -OCH3 is 1. The van der Waals surface area contributed by atoms with Gasteiger partial charge in [-0.05, 0) is 31.9 Å². The minimum Gasteiger partial charge on any atom is -0.493 e. The Morgan fingerprint density at radius 1 is 1.30 bits per heavy atom. The molecule has 6 heteroatoms. The van der Waals surface area contributed by atoms with Crippen molar-refractivity contribution < 1.29 is 23.0 Å². The van der Waals surface area contributed by atoms with Crippen molar-refractivity contribution in [2.24, 2.45) is 0 Å². The third kappa shape index (κ3) is 3.72. The van der Waals surface area contributed by atoms with Crippen LogP contribution in [-0.2, 0) is 4.74 Å². The second-order valence-electron chi connectivity index (χ2n) is 4.63. The molecule has 2 rings (SSSR count). The lowest BCUT2D eigenvalue weighted by Crippen LogP contribution is -2.40. The SMILES string of the molecule is CCOC1CC(Nc2ccc(OC)c(OC(F)F)c2)C1. The molecule has 112 valence electrons. The first-order valence-electron chi connectivity index (χ1n) is 6.63. The van der Waals surface area contributed by atoms with E-state index in [2.05, 4.69) is 10.1 Å². The zero-order valence-electron chi connectivity index (χ0n) is 11.6. The van der Waals surface area contributed by atoms with Crippen molar-refractivity contribution in [2.75, 3.05) is 19.0 Å². The summed E-state index contributed by atoms with van der Waals surface area (Å²) in [5.74, 6) is 0.324. The molecule has 0 radical (unpaired) electrons. The van der Waals surface area contributed by atoms with Crippen molar-refractivity contribution in [3.8, 4) is 11.5 Å². The zero-order chi connectivity index (χ0) is 14.5. The lowest BCUT2D eigenvalue weighted by atomic mass is 9.89. The number of benzene rings is 1. The van der Waals surface area contributed by atoms with E-state index >= 15 is 0 Å². The van der Waals surface area contributed by atoms with E-state index in [0.717, 1.165) is 18.5 Å². The van der Waals surface area contributed by atoms with Crippen molar-refractivity contribution in [2.45, 2.75) is 38.5 Å². The molecule has 0 bridgehead atoms. The summed E-state index contributed by atoms with van der Waals surface area (Å²) in [7, 11) is 1.42. The van der Waals surface area contributed by atoms with Crippen LogP contribution < -0.4 is 14.8 Å². The van der Waals surface area contributed by atoms with Gasteiger partial charge in [0.1, 0.15) is 0 Å². The summed E-state index contributed by atoms with van der Waals surface area (Å²) >= 11 is 0. The van der Waals surface area contributed by atoms with E-state index in [1.54, 1.807) is 12.1 Å². The fourth-order valence-corrected chi connectivity index (χ4v) is 2.25. The molecular weight excluding hydrogens is 268 g/mol. The molecule has 0 spiro atoms. The summed E-state index contributed by atoms with van der Waals surface area (Å²) in [6.45, 7) is -0.185. The summed E-state index contributed by atoms with van der Waals surface area (Å²) in [5.41, 5.74) is 0.737. The number of ether oxygens (including phenoxy) is 3. The first-order chi connectivity index (χ1) is 9.62. The van der Waals surface area contributed by atoms with Gasteiger partial charge in [-0.2, -0.15) is 8.78 Å². The highest BCUT2D eigenvalue weighted by Gasteiger charge is 2.29. The maximum Gasteiger partial charge on any atom is 0.387 e. The number of nitrogens with one attached hydrogen (secondary N) is 1. The molecule has 0 aliphatic heterocycles. The van der Waals surface area contributed by atoms with Crippen molar-refractivity contribution in [1.29, 1.82) is 0 Å². The van der Waals surface area contributed by atoms with E-state index in [4.69, 9.17) is 9.47 Å². The van der Waals surface area contributed by atoms with Crippen LogP contribution in [0.15, 0.2) is 18.2 Å². The predicted octanol–water partition coefficient (Wildman–Crippen LogP) is 3.28. The van der Waals surface area contributed by atoms with Gasteiger partial charge in [0.05, 0.1) is 13.2 Å². The van der Waals surface area contributed by atoms with Gasteiger partial charge in [0.2, 0.25) is 0 Å². The molecular formula is C14H19F2NO3. The second kappa shape index (κ2) is 6.74. The average molecular weight is 287 g/mol. The highest BCUT2D eigenvalue weighted by atomic mass is 19.3. The summed E-state index contributed by atoms with van der Waals surface area (Å²) < 4.78 is 39.6. The normalized spacial score (nSPS) is 21.4. The Morgan fingerprint density at radius 2 is 2.05 bits per heavy atom. The minimum atomic E-state index is -2.87. The molecule has 4 nitrogen and oxygen atoms in total. The van der Waals surface area contributed by atoms with Gasteiger partial charge in [0.25, 0.3) is 0 Å². The first kappa shape index (κ1) is 14.8.